The van der Waals surface area contributed by atoms with Gasteiger partial charge in [-0.1, -0.05) is 0 Å². The van der Waals surface area contributed by atoms with Gasteiger partial charge in [-0.3, -0.25) is 0 Å². The molecule has 12 heavy (non-hydrogen) atoms. The topological polar surface area (TPSA) is 69.6 Å². The molecule has 0 aliphatic rings. The summed E-state index contributed by atoms with van der Waals surface area (Å²) in [4.78, 5) is 1.56. The molecule has 0 saturated carbocycles. The van der Waals surface area contributed by atoms with E-state index in [1.54, 1.807) is 4.80 Å². The number of hydrogen-bond acceptors (Lipinski definition) is 4. The number of hydrogen-bond donors (Lipinski definition) is 1. The van der Waals surface area contributed by atoms with Gasteiger partial charge >= 0.3 is 0 Å². The van der Waals surface area contributed by atoms with E-state index < -0.39 is 0 Å². The highest BCUT2D eigenvalue weighted by atomic mass is 15.6. The molecule has 0 bridgehead atoms. The third-order valence-electron chi connectivity index (χ3n) is 1.39. The van der Waals surface area contributed by atoms with Crippen LogP contribution in [0, 0.1) is 0 Å². The Balaban J connectivity index is 2.64. The molecule has 1 rings (SSSR count). The lowest BCUT2D eigenvalue weighted by Gasteiger charge is -2.14. The maximum Gasteiger partial charge on any atom is 0.176 e. The van der Waals surface area contributed by atoms with Gasteiger partial charge in [0.15, 0.2) is 5.82 Å². The lowest BCUT2D eigenvalue weighted by atomic mass is 10.0. The van der Waals surface area contributed by atoms with Gasteiger partial charge < -0.3 is 5.73 Å². The average molecular weight is 169 g/mol. The minimum atomic E-state index is -0.262. The zero-order valence-corrected chi connectivity index (χ0v) is 7.78. The number of rotatable bonds is 3. The van der Waals surface area contributed by atoms with E-state index in [4.69, 9.17) is 5.73 Å². The molecule has 0 amide bonds. The first-order valence-electron chi connectivity index (χ1n) is 4.07. The van der Waals surface area contributed by atoms with Gasteiger partial charge in [-0.05, 0) is 26.0 Å². The van der Waals surface area contributed by atoms with E-state index in [0.717, 1.165) is 6.54 Å². The molecule has 0 atom stereocenters. The number of nitrogens with zero attached hydrogens (tertiary/aromatic N) is 4. The molecule has 0 unspecified atom stereocenters. The lowest BCUT2D eigenvalue weighted by Crippen LogP contribution is -2.34. The summed E-state index contributed by atoms with van der Waals surface area (Å²) in [6.45, 7) is 6.61. The van der Waals surface area contributed by atoms with Crippen molar-refractivity contribution in [2.75, 3.05) is 0 Å². The van der Waals surface area contributed by atoms with Gasteiger partial charge in [0.25, 0.3) is 0 Å². The van der Waals surface area contributed by atoms with Gasteiger partial charge in [-0.2, -0.15) is 4.80 Å². The maximum absolute atomic E-state index is 5.80. The smallest absolute Gasteiger partial charge is 0.176 e. The van der Waals surface area contributed by atoms with Crippen LogP contribution in [0.5, 0.6) is 0 Å². The standard InChI is InChI=1S/C7H15N5/c1-4-12-10-6(9-11-12)5-7(2,3)8/h4-5,8H2,1-3H3. The summed E-state index contributed by atoms with van der Waals surface area (Å²) in [5, 5.41) is 11.8. The summed E-state index contributed by atoms with van der Waals surface area (Å²) in [6.07, 6.45) is 0.660. The van der Waals surface area contributed by atoms with E-state index in [9.17, 15) is 0 Å². The number of aromatic nitrogens is 4. The van der Waals surface area contributed by atoms with E-state index in [2.05, 4.69) is 15.4 Å². The van der Waals surface area contributed by atoms with E-state index in [1.807, 2.05) is 20.8 Å². The maximum atomic E-state index is 5.80. The summed E-state index contributed by atoms with van der Waals surface area (Å²) in [7, 11) is 0. The average Bonchev–Trinajstić information content (AvgIpc) is 2.32. The van der Waals surface area contributed by atoms with Crippen LogP contribution >= 0.6 is 0 Å². The Hall–Kier alpha value is -0.970. The summed E-state index contributed by atoms with van der Waals surface area (Å²) >= 11 is 0. The van der Waals surface area contributed by atoms with E-state index in [0.29, 0.717) is 12.2 Å². The lowest BCUT2D eigenvalue weighted by molar-refractivity contribution is 0.497. The van der Waals surface area contributed by atoms with Crippen LogP contribution < -0.4 is 5.73 Å². The summed E-state index contributed by atoms with van der Waals surface area (Å²) in [6, 6.07) is 0. The Labute approximate surface area is 71.9 Å². The first kappa shape index (κ1) is 9.12. The third-order valence-corrected chi connectivity index (χ3v) is 1.39. The SMILES string of the molecule is CCn1nnc(CC(C)(C)N)n1. The van der Waals surface area contributed by atoms with Gasteiger partial charge in [0.05, 0.1) is 6.54 Å². The third kappa shape index (κ3) is 2.58. The Kier molecular flexibility index (Phi) is 2.42. The molecule has 0 aliphatic heterocycles. The molecule has 0 fully saturated rings. The molecule has 0 aromatic carbocycles. The van der Waals surface area contributed by atoms with Gasteiger partial charge in [0.1, 0.15) is 0 Å². The number of tetrazole rings is 1. The second-order valence-corrected chi connectivity index (χ2v) is 3.56. The predicted molar refractivity (Wildman–Crippen MR) is 45.5 cm³/mol. The summed E-state index contributed by atoms with van der Waals surface area (Å²) in [5.41, 5.74) is 5.54. The van der Waals surface area contributed by atoms with Crippen LogP contribution in [0.25, 0.3) is 0 Å². The van der Waals surface area contributed by atoms with Crippen LogP contribution in [0.15, 0.2) is 0 Å². The molecule has 0 saturated heterocycles. The van der Waals surface area contributed by atoms with E-state index in [1.165, 1.54) is 0 Å². The highest BCUT2D eigenvalue weighted by Gasteiger charge is 2.15. The zero-order chi connectivity index (χ0) is 9.19. The Morgan fingerprint density at radius 2 is 2.17 bits per heavy atom. The van der Waals surface area contributed by atoms with Crippen LogP contribution in [-0.2, 0) is 13.0 Å². The van der Waals surface area contributed by atoms with Crippen molar-refractivity contribution in [1.29, 1.82) is 0 Å². The molecule has 1 aromatic rings. The molecule has 5 nitrogen and oxygen atoms in total. The molecule has 68 valence electrons. The first-order valence-corrected chi connectivity index (χ1v) is 4.07. The van der Waals surface area contributed by atoms with Gasteiger partial charge in [-0.25, -0.2) is 0 Å². The second kappa shape index (κ2) is 3.18. The second-order valence-electron chi connectivity index (χ2n) is 3.56. The highest BCUT2D eigenvalue weighted by Crippen LogP contribution is 2.03. The van der Waals surface area contributed by atoms with Crippen molar-refractivity contribution in [3.05, 3.63) is 5.82 Å². The van der Waals surface area contributed by atoms with Crippen LogP contribution in [0.2, 0.25) is 0 Å². The minimum Gasteiger partial charge on any atom is -0.325 e. The Bertz CT molecular complexity index is 247. The van der Waals surface area contributed by atoms with Crippen molar-refractivity contribution in [2.24, 2.45) is 5.73 Å². The number of nitrogens with two attached hydrogens (primary N) is 1. The fourth-order valence-electron chi connectivity index (χ4n) is 0.889. The molecule has 2 N–H and O–H groups in total. The monoisotopic (exact) mass is 169 g/mol. The summed E-state index contributed by atoms with van der Waals surface area (Å²) < 4.78 is 0. The van der Waals surface area contributed by atoms with E-state index >= 15 is 0 Å². The van der Waals surface area contributed by atoms with Gasteiger partial charge in [-0.15, -0.1) is 10.2 Å². The first-order chi connectivity index (χ1) is 5.51. The fourth-order valence-corrected chi connectivity index (χ4v) is 0.889. The molecule has 1 aromatic heterocycles. The van der Waals surface area contributed by atoms with Crippen molar-refractivity contribution in [1.82, 2.24) is 20.2 Å². The molecular weight excluding hydrogens is 154 g/mol. The number of aryl methyl sites for hydroxylation is 1. The van der Waals surface area contributed by atoms with Gasteiger partial charge in [0.2, 0.25) is 0 Å². The Morgan fingerprint density at radius 3 is 2.58 bits per heavy atom. The van der Waals surface area contributed by atoms with Crippen LogP contribution in [0.1, 0.15) is 26.6 Å². The van der Waals surface area contributed by atoms with Crippen LogP contribution in [0.4, 0.5) is 0 Å². The fraction of sp³-hybridized carbons (Fsp3) is 0.857. The quantitative estimate of drug-likeness (QED) is 0.690. The van der Waals surface area contributed by atoms with Crippen molar-refractivity contribution in [3.63, 3.8) is 0 Å². The molecule has 0 spiro atoms. The highest BCUT2D eigenvalue weighted by molar-refractivity contribution is 4.88. The normalized spacial score (nSPS) is 12.0. The molecule has 1 heterocycles. The Morgan fingerprint density at radius 1 is 1.50 bits per heavy atom. The molecule has 0 aliphatic carbocycles. The largest absolute Gasteiger partial charge is 0.325 e. The van der Waals surface area contributed by atoms with Crippen LogP contribution in [-0.4, -0.2) is 25.7 Å². The zero-order valence-electron chi connectivity index (χ0n) is 7.78. The molecular formula is C7H15N5. The summed E-state index contributed by atoms with van der Waals surface area (Å²) in [5.74, 6) is 0.712. The van der Waals surface area contributed by atoms with Gasteiger partial charge in [0, 0.05) is 12.0 Å². The predicted octanol–water partition coefficient (Wildman–Crippen LogP) is -0.0272. The van der Waals surface area contributed by atoms with Crippen molar-refractivity contribution in [3.8, 4) is 0 Å². The van der Waals surface area contributed by atoms with Crippen molar-refractivity contribution in [2.45, 2.75) is 39.3 Å². The van der Waals surface area contributed by atoms with Crippen LogP contribution in [0.3, 0.4) is 0 Å². The van der Waals surface area contributed by atoms with Crippen molar-refractivity contribution >= 4 is 0 Å². The van der Waals surface area contributed by atoms with E-state index in [-0.39, 0.29) is 5.54 Å². The van der Waals surface area contributed by atoms with Crippen molar-refractivity contribution < 1.29 is 0 Å². The molecule has 0 radical (unpaired) electrons. The minimum absolute atomic E-state index is 0.262. The molecule has 5 heteroatoms.